The molecule has 6 nitrogen and oxygen atoms in total. The minimum atomic E-state index is -3.83. The fraction of sp³-hybridized carbons (Fsp3) is 0.385. The molecule has 2 saturated carbocycles. The van der Waals surface area contributed by atoms with Crippen LogP contribution in [-0.4, -0.2) is 24.5 Å². The molecule has 2 heterocycles. The van der Waals surface area contributed by atoms with Crippen LogP contribution in [-0.2, 0) is 10.0 Å². The van der Waals surface area contributed by atoms with E-state index in [9.17, 15) is 8.42 Å². The number of nitrogens with one attached hydrogen (secondary N) is 1. The predicted molar refractivity (Wildman–Crippen MR) is 127 cm³/mol. The molecule has 0 amide bonds. The van der Waals surface area contributed by atoms with Gasteiger partial charge < -0.3 is 4.74 Å². The number of benzene rings is 2. The first kappa shape index (κ1) is 20.7. The number of aryl methyl sites for hydroxylation is 2. The summed E-state index contributed by atoms with van der Waals surface area (Å²) in [6, 6.07) is 15.2. The van der Waals surface area contributed by atoms with Gasteiger partial charge in [-0.1, -0.05) is 30.3 Å². The van der Waals surface area contributed by atoms with Gasteiger partial charge in [-0.05, 0) is 80.7 Å². The van der Waals surface area contributed by atoms with Crippen molar-refractivity contribution in [2.24, 2.45) is 5.41 Å². The van der Waals surface area contributed by atoms with Gasteiger partial charge in [-0.15, -0.1) is 0 Å². The van der Waals surface area contributed by atoms with Gasteiger partial charge in [0.05, 0.1) is 10.6 Å². The number of hydrogen-bond donors (Lipinski definition) is 1. The highest BCUT2D eigenvalue weighted by molar-refractivity contribution is 7.92. The lowest BCUT2D eigenvalue weighted by atomic mass is 9.75. The summed E-state index contributed by atoms with van der Waals surface area (Å²) in [6.45, 7) is 4.06. The maximum absolute atomic E-state index is 13.2. The fourth-order valence-electron chi connectivity index (χ4n) is 5.60. The quantitative estimate of drug-likeness (QED) is 0.527. The van der Waals surface area contributed by atoms with Crippen LogP contribution >= 0.6 is 0 Å². The van der Waals surface area contributed by atoms with E-state index in [4.69, 9.17) is 4.74 Å². The van der Waals surface area contributed by atoms with Gasteiger partial charge in [0.15, 0.2) is 0 Å². The number of rotatable bonds is 1. The maximum Gasteiger partial charge on any atom is 0.264 e. The van der Waals surface area contributed by atoms with E-state index in [2.05, 4.69) is 14.7 Å². The zero-order valence-electron chi connectivity index (χ0n) is 18.8. The van der Waals surface area contributed by atoms with E-state index in [1.54, 1.807) is 12.1 Å². The molecule has 1 N–H and O–H groups in total. The van der Waals surface area contributed by atoms with Crippen LogP contribution in [0, 0.1) is 19.3 Å². The summed E-state index contributed by atoms with van der Waals surface area (Å²) in [5.74, 6) is 0.741. The molecule has 0 saturated heterocycles. The topological polar surface area (TPSA) is 81.2 Å². The van der Waals surface area contributed by atoms with Gasteiger partial charge in [0, 0.05) is 17.0 Å². The highest BCUT2D eigenvalue weighted by atomic mass is 32.2. The van der Waals surface area contributed by atoms with Crippen LogP contribution in [0.4, 0.5) is 5.95 Å². The highest BCUT2D eigenvalue weighted by Gasteiger charge is 2.54. The van der Waals surface area contributed by atoms with Crippen molar-refractivity contribution < 1.29 is 13.2 Å². The number of nitrogens with zero attached hydrogens (tertiary/aromatic N) is 2. The maximum atomic E-state index is 13.2. The highest BCUT2D eigenvalue weighted by Crippen LogP contribution is 2.59. The summed E-state index contributed by atoms with van der Waals surface area (Å²) in [6.07, 6.45) is 5.44. The molecule has 33 heavy (non-hydrogen) atoms. The molecule has 2 aromatic carbocycles. The first-order valence-corrected chi connectivity index (χ1v) is 13.1. The predicted octanol–water partition coefficient (Wildman–Crippen LogP) is 5.37. The van der Waals surface area contributed by atoms with Crippen LogP contribution < -0.4 is 9.46 Å². The van der Waals surface area contributed by atoms with Crippen molar-refractivity contribution >= 4 is 16.0 Å². The molecule has 1 spiro atoms. The third-order valence-electron chi connectivity index (χ3n) is 7.63. The minimum Gasteiger partial charge on any atom is -0.474 e. The Morgan fingerprint density at radius 2 is 1.76 bits per heavy atom. The Morgan fingerprint density at radius 1 is 1.00 bits per heavy atom. The van der Waals surface area contributed by atoms with E-state index in [-0.39, 0.29) is 28.3 Å². The fourth-order valence-corrected chi connectivity index (χ4v) is 6.59. The van der Waals surface area contributed by atoms with E-state index in [1.165, 1.54) is 12.8 Å². The van der Waals surface area contributed by atoms with Gasteiger partial charge >= 0.3 is 0 Å². The monoisotopic (exact) mass is 461 g/mol. The number of anilines is 1. The standard InChI is InChI=1S/C26H27N3O3S/c1-16-5-3-6-17(2)24(16)21-15-23-28-25(27-21)29-33(30,31)20-8-4-7-18(13-20)19-9-10-26(11-12-26)22(14-19)32-23/h3-8,13,15,19,22H,9-12,14H2,1-2H3,(H,27,28,29). The summed E-state index contributed by atoms with van der Waals surface area (Å²) in [5, 5.41) is 0. The summed E-state index contributed by atoms with van der Waals surface area (Å²) in [4.78, 5) is 9.36. The first-order valence-electron chi connectivity index (χ1n) is 11.6. The second kappa shape index (κ2) is 7.29. The number of fused-ring (bicyclic) bond motifs is 8. The summed E-state index contributed by atoms with van der Waals surface area (Å²) < 4.78 is 35.6. The van der Waals surface area contributed by atoms with E-state index in [0.717, 1.165) is 41.5 Å². The van der Waals surface area contributed by atoms with E-state index < -0.39 is 10.0 Å². The smallest absolute Gasteiger partial charge is 0.264 e. The zero-order valence-corrected chi connectivity index (χ0v) is 19.7. The molecule has 2 unspecified atom stereocenters. The van der Waals surface area contributed by atoms with Gasteiger partial charge in [0.1, 0.15) is 6.10 Å². The Labute approximate surface area is 194 Å². The van der Waals surface area contributed by atoms with Crippen LogP contribution in [0.5, 0.6) is 5.88 Å². The van der Waals surface area contributed by atoms with Crippen molar-refractivity contribution in [3.63, 3.8) is 0 Å². The molecule has 3 aromatic rings. The first-order chi connectivity index (χ1) is 15.8. The Kier molecular flexibility index (Phi) is 4.56. The largest absolute Gasteiger partial charge is 0.474 e. The Morgan fingerprint density at radius 3 is 2.52 bits per heavy atom. The molecule has 2 fully saturated rings. The molecular formula is C26H27N3O3S. The van der Waals surface area contributed by atoms with Crippen molar-refractivity contribution in [3.8, 4) is 17.1 Å². The second-order valence-corrected chi connectivity index (χ2v) is 11.5. The summed E-state index contributed by atoms with van der Waals surface area (Å²) in [7, 11) is -3.83. The molecule has 1 aromatic heterocycles. The molecule has 7 heteroatoms. The molecule has 3 aliphatic rings. The lowest BCUT2D eigenvalue weighted by Gasteiger charge is -2.37. The van der Waals surface area contributed by atoms with E-state index >= 15 is 0 Å². The Balaban J connectivity index is 1.53. The molecule has 2 atom stereocenters. The minimum absolute atomic E-state index is 0.0355. The van der Waals surface area contributed by atoms with Crippen LogP contribution in [0.25, 0.3) is 11.3 Å². The number of sulfonamides is 1. The zero-order chi connectivity index (χ0) is 22.8. The van der Waals surface area contributed by atoms with Crippen LogP contribution in [0.1, 0.15) is 54.7 Å². The number of aromatic nitrogens is 2. The Hall–Kier alpha value is -2.93. The number of ether oxygens (including phenoxy) is 1. The van der Waals surface area contributed by atoms with Gasteiger partial charge in [-0.3, -0.25) is 0 Å². The molecule has 6 bridgehead atoms. The van der Waals surface area contributed by atoms with E-state index in [0.29, 0.717) is 11.6 Å². The second-order valence-electron chi connectivity index (χ2n) is 9.80. The van der Waals surface area contributed by atoms with Crippen molar-refractivity contribution in [2.45, 2.75) is 62.9 Å². The third-order valence-corrected chi connectivity index (χ3v) is 8.96. The molecule has 170 valence electrons. The third kappa shape index (κ3) is 3.59. The molecular weight excluding hydrogens is 434 g/mol. The van der Waals surface area contributed by atoms with Gasteiger partial charge in [0.2, 0.25) is 11.8 Å². The van der Waals surface area contributed by atoms with Gasteiger partial charge in [-0.2, -0.15) is 4.98 Å². The summed E-state index contributed by atoms with van der Waals surface area (Å²) >= 11 is 0. The van der Waals surface area contributed by atoms with Crippen LogP contribution in [0.3, 0.4) is 0 Å². The van der Waals surface area contributed by atoms with Crippen molar-refractivity contribution in [2.75, 3.05) is 4.72 Å². The van der Waals surface area contributed by atoms with Gasteiger partial charge in [0.25, 0.3) is 10.0 Å². The SMILES string of the molecule is Cc1cccc(C)c1-c1cc2nc(n1)NS(=O)(=O)c1cccc(c1)C1CCC3(CC3)C(C1)O2. The molecule has 2 aliphatic carbocycles. The summed E-state index contributed by atoms with van der Waals surface area (Å²) in [5.41, 5.74) is 5.06. The van der Waals surface area contributed by atoms with Crippen molar-refractivity contribution in [1.29, 1.82) is 0 Å². The van der Waals surface area contributed by atoms with Gasteiger partial charge in [-0.25, -0.2) is 18.1 Å². The average molecular weight is 462 g/mol. The molecule has 0 radical (unpaired) electrons. The lowest BCUT2D eigenvalue weighted by molar-refractivity contribution is 0.0630. The molecule has 1 aliphatic heterocycles. The van der Waals surface area contributed by atoms with Crippen LogP contribution in [0.2, 0.25) is 0 Å². The number of hydrogen-bond acceptors (Lipinski definition) is 5. The van der Waals surface area contributed by atoms with Crippen molar-refractivity contribution in [3.05, 3.63) is 65.2 Å². The lowest BCUT2D eigenvalue weighted by Crippen LogP contribution is -2.35. The van der Waals surface area contributed by atoms with Crippen LogP contribution in [0.15, 0.2) is 53.4 Å². The molecule has 6 rings (SSSR count). The van der Waals surface area contributed by atoms with E-state index in [1.807, 2.05) is 50.2 Å². The van der Waals surface area contributed by atoms with Crippen molar-refractivity contribution in [1.82, 2.24) is 9.97 Å². The average Bonchev–Trinajstić information content (AvgIpc) is 3.55. The normalized spacial score (nSPS) is 24.1. The Bertz CT molecular complexity index is 1340.